The van der Waals surface area contributed by atoms with Crippen LogP contribution in [0.15, 0.2) is 88.9 Å². The molecule has 0 bridgehead atoms. The highest BCUT2D eigenvalue weighted by molar-refractivity contribution is 9.10. The number of hydrogen-bond acceptors (Lipinski definition) is 4. The van der Waals surface area contributed by atoms with Crippen molar-refractivity contribution in [2.45, 2.75) is 27.4 Å². The summed E-state index contributed by atoms with van der Waals surface area (Å²) in [4.78, 5) is 39.4. The van der Waals surface area contributed by atoms with Crippen LogP contribution in [0.1, 0.15) is 28.1 Å². The largest absolute Gasteiger partial charge is 0.489 e. The quantitative estimate of drug-likeness (QED) is 0.210. The van der Waals surface area contributed by atoms with Crippen molar-refractivity contribution in [2.24, 2.45) is 0 Å². The van der Waals surface area contributed by atoms with Gasteiger partial charge >= 0.3 is 6.03 Å². The van der Waals surface area contributed by atoms with Gasteiger partial charge in [0.15, 0.2) is 0 Å². The molecule has 1 aromatic heterocycles. The number of halogens is 1. The molecule has 39 heavy (non-hydrogen) atoms. The number of nitrogens with zero attached hydrogens (tertiary/aromatic N) is 2. The molecule has 0 atom stereocenters. The second kappa shape index (κ2) is 10.7. The Morgan fingerprint density at radius 2 is 1.49 bits per heavy atom. The van der Waals surface area contributed by atoms with Gasteiger partial charge in [-0.15, -0.1) is 0 Å². The van der Waals surface area contributed by atoms with E-state index in [1.54, 1.807) is 30.3 Å². The van der Waals surface area contributed by atoms with Gasteiger partial charge < -0.3 is 9.30 Å². The monoisotopic (exact) mass is 583 g/mol. The molecule has 0 radical (unpaired) electrons. The Morgan fingerprint density at radius 1 is 0.846 bits per heavy atom. The van der Waals surface area contributed by atoms with Crippen LogP contribution in [0.25, 0.3) is 11.8 Å². The topological polar surface area (TPSA) is 80.6 Å². The van der Waals surface area contributed by atoms with Gasteiger partial charge in [-0.25, -0.2) is 9.69 Å². The predicted octanol–water partition coefficient (Wildman–Crippen LogP) is 6.41. The molecule has 5 rings (SSSR count). The highest BCUT2D eigenvalue weighted by Crippen LogP contribution is 2.27. The molecule has 196 valence electrons. The van der Waals surface area contributed by atoms with Crippen LogP contribution in [-0.4, -0.2) is 22.4 Å². The molecule has 0 unspecified atom stereocenters. The number of nitrogens with one attached hydrogen (secondary N) is 1. The SMILES string of the molecule is Cc1ccc(N2C(=O)NC(=O)/C(=C\c3cc(C)n(-c4ccc(OCc5ccc(Br)cc5)cc4)c3C)C2=O)cc1. The number of aryl methyl sites for hydroxylation is 2. The zero-order valence-corrected chi connectivity index (χ0v) is 23.3. The minimum absolute atomic E-state index is 0.105. The van der Waals surface area contributed by atoms with E-state index in [-0.39, 0.29) is 5.57 Å². The lowest BCUT2D eigenvalue weighted by molar-refractivity contribution is -0.122. The zero-order chi connectivity index (χ0) is 27.7. The molecule has 3 aromatic carbocycles. The van der Waals surface area contributed by atoms with Gasteiger partial charge in [-0.2, -0.15) is 0 Å². The first-order valence-electron chi connectivity index (χ1n) is 12.4. The van der Waals surface area contributed by atoms with E-state index in [1.807, 2.05) is 79.9 Å². The molecule has 0 saturated carbocycles. The Bertz CT molecular complexity index is 1600. The summed E-state index contributed by atoms with van der Waals surface area (Å²) >= 11 is 3.44. The van der Waals surface area contributed by atoms with Gasteiger partial charge in [-0.05, 0) is 92.6 Å². The summed E-state index contributed by atoms with van der Waals surface area (Å²) in [6, 6.07) is 23.8. The summed E-state index contributed by atoms with van der Waals surface area (Å²) in [6.45, 7) is 6.25. The normalized spacial score (nSPS) is 14.6. The highest BCUT2D eigenvalue weighted by atomic mass is 79.9. The number of hydrogen-bond donors (Lipinski definition) is 1. The van der Waals surface area contributed by atoms with Crippen molar-refractivity contribution in [3.63, 3.8) is 0 Å². The summed E-state index contributed by atoms with van der Waals surface area (Å²) < 4.78 is 8.99. The first-order chi connectivity index (χ1) is 18.7. The maximum atomic E-state index is 13.3. The number of ether oxygens (including phenoxy) is 1. The number of rotatable bonds is 6. The molecule has 1 N–H and O–H groups in total. The third-order valence-electron chi connectivity index (χ3n) is 6.58. The molecular formula is C31H26BrN3O4. The molecule has 4 aromatic rings. The molecule has 1 aliphatic heterocycles. The number of anilines is 1. The Labute approximate surface area is 234 Å². The minimum Gasteiger partial charge on any atom is -0.489 e. The van der Waals surface area contributed by atoms with Gasteiger partial charge in [0, 0.05) is 21.5 Å². The van der Waals surface area contributed by atoms with Crippen LogP contribution in [0.5, 0.6) is 5.75 Å². The second-order valence-corrected chi connectivity index (χ2v) is 10.3. The van der Waals surface area contributed by atoms with Gasteiger partial charge in [0.2, 0.25) is 0 Å². The molecule has 1 saturated heterocycles. The molecule has 8 heteroatoms. The van der Waals surface area contributed by atoms with E-state index in [0.29, 0.717) is 17.9 Å². The third kappa shape index (κ3) is 5.42. The Hall–Kier alpha value is -4.43. The molecule has 0 spiro atoms. The lowest BCUT2D eigenvalue weighted by Crippen LogP contribution is -2.54. The van der Waals surface area contributed by atoms with Gasteiger partial charge in [0.05, 0.1) is 5.69 Å². The van der Waals surface area contributed by atoms with Crippen LogP contribution >= 0.6 is 15.9 Å². The van der Waals surface area contributed by atoms with E-state index >= 15 is 0 Å². The third-order valence-corrected chi connectivity index (χ3v) is 7.11. The number of benzene rings is 3. The molecular weight excluding hydrogens is 558 g/mol. The van der Waals surface area contributed by atoms with Crippen molar-refractivity contribution >= 4 is 45.5 Å². The van der Waals surface area contributed by atoms with Gasteiger partial charge in [0.1, 0.15) is 17.9 Å². The number of amides is 4. The van der Waals surface area contributed by atoms with Crippen LogP contribution in [0, 0.1) is 20.8 Å². The van der Waals surface area contributed by atoms with E-state index in [4.69, 9.17) is 4.74 Å². The average molecular weight is 584 g/mol. The van der Waals surface area contributed by atoms with Crippen molar-refractivity contribution in [1.29, 1.82) is 0 Å². The summed E-state index contributed by atoms with van der Waals surface area (Å²) in [5, 5.41) is 2.28. The number of aromatic nitrogens is 1. The van der Waals surface area contributed by atoms with Gasteiger partial charge in [0.25, 0.3) is 11.8 Å². The number of carbonyl (C=O) groups excluding carboxylic acids is 3. The van der Waals surface area contributed by atoms with E-state index in [2.05, 4.69) is 21.2 Å². The van der Waals surface area contributed by atoms with Crippen LogP contribution in [-0.2, 0) is 16.2 Å². The fourth-order valence-corrected chi connectivity index (χ4v) is 4.78. The van der Waals surface area contributed by atoms with Crippen LogP contribution in [0.4, 0.5) is 10.5 Å². The first kappa shape index (κ1) is 26.2. The number of urea groups is 1. The average Bonchev–Trinajstić information content (AvgIpc) is 3.20. The van der Waals surface area contributed by atoms with Crippen LogP contribution in [0.3, 0.4) is 0 Å². The standard InChI is InChI=1S/C31H26BrN3O4/c1-19-4-10-26(11-5-19)35-30(37)28(29(36)33-31(35)38)17-23-16-20(2)34(21(23)3)25-12-14-27(15-13-25)39-18-22-6-8-24(32)9-7-22/h4-17H,18H2,1-3H3,(H,33,36,38)/b28-17+. The summed E-state index contributed by atoms with van der Waals surface area (Å²) in [7, 11) is 0. The van der Waals surface area contributed by atoms with Crippen LogP contribution < -0.4 is 15.0 Å². The molecule has 1 aliphatic rings. The van der Waals surface area contributed by atoms with E-state index in [1.165, 1.54) is 0 Å². The van der Waals surface area contributed by atoms with Gasteiger partial charge in [-0.3, -0.25) is 14.9 Å². The fraction of sp³-hybridized carbons (Fsp3) is 0.129. The minimum atomic E-state index is -0.765. The fourth-order valence-electron chi connectivity index (χ4n) is 4.51. The highest BCUT2D eigenvalue weighted by Gasteiger charge is 2.37. The molecule has 4 amide bonds. The number of barbiturate groups is 1. The van der Waals surface area contributed by atoms with Crippen molar-refractivity contribution in [3.8, 4) is 11.4 Å². The smallest absolute Gasteiger partial charge is 0.335 e. The van der Waals surface area contributed by atoms with Crippen LogP contribution in [0.2, 0.25) is 0 Å². The molecule has 7 nitrogen and oxygen atoms in total. The summed E-state index contributed by atoms with van der Waals surface area (Å²) in [5.41, 5.74) is 5.76. The first-order valence-corrected chi connectivity index (χ1v) is 13.2. The Morgan fingerprint density at radius 3 is 2.15 bits per heavy atom. The lowest BCUT2D eigenvalue weighted by atomic mass is 10.1. The van der Waals surface area contributed by atoms with Crippen molar-refractivity contribution in [2.75, 3.05) is 4.90 Å². The molecule has 0 aliphatic carbocycles. The van der Waals surface area contributed by atoms with Crippen molar-refractivity contribution in [3.05, 3.63) is 117 Å². The van der Waals surface area contributed by atoms with E-state index < -0.39 is 17.8 Å². The summed E-state index contributed by atoms with van der Waals surface area (Å²) in [5.74, 6) is -0.632. The maximum absolute atomic E-state index is 13.3. The lowest BCUT2D eigenvalue weighted by Gasteiger charge is -2.26. The second-order valence-electron chi connectivity index (χ2n) is 9.36. The molecule has 2 heterocycles. The zero-order valence-electron chi connectivity index (χ0n) is 21.7. The van der Waals surface area contributed by atoms with E-state index in [0.717, 1.165) is 43.3 Å². The Balaban J connectivity index is 1.39. The van der Waals surface area contributed by atoms with Crippen molar-refractivity contribution in [1.82, 2.24) is 9.88 Å². The predicted molar refractivity (Wildman–Crippen MR) is 154 cm³/mol. The number of carbonyl (C=O) groups is 3. The van der Waals surface area contributed by atoms with E-state index in [9.17, 15) is 14.4 Å². The maximum Gasteiger partial charge on any atom is 0.335 e. The summed E-state index contributed by atoms with van der Waals surface area (Å²) in [6.07, 6.45) is 1.54. The number of imide groups is 2. The van der Waals surface area contributed by atoms with Crippen molar-refractivity contribution < 1.29 is 19.1 Å². The van der Waals surface area contributed by atoms with Gasteiger partial charge in [-0.1, -0.05) is 45.8 Å². The molecule has 1 fully saturated rings. The Kier molecular flexibility index (Phi) is 7.21.